The number of ketones is 1. The lowest BCUT2D eigenvalue weighted by atomic mass is 9.83. The number of rotatable bonds is 1. The Morgan fingerprint density at radius 2 is 1.79 bits per heavy atom. The molecule has 1 spiro atoms. The molecular formula is C15H25NO3. The van der Waals surface area contributed by atoms with Crippen LogP contribution in [0.4, 0.5) is 4.79 Å². The summed E-state index contributed by atoms with van der Waals surface area (Å²) in [7, 11) is 0. The third kappa shape index (κ3) is 3.10. The fourth-order valence-electron chi connectivity index (χ4n) is 3.42. The van der Waals surface area contributed by atoms with E-state index in [-0.39, 0.29) is 23.3 Å². The molecule has 108 valence electrons. The maximum Gasteiger partial charge on any atom is 0.410 e. The topological polar surface area (TPSA) is 46.6 Å². The molecule has 4 nitrogen and oxygen atoms in total. The molecule has 0 bridgehead atoms. The molecule has 1 saturated heterocycles. The number of amides is 1. The van der Waals surface area contributed by atoms with Crippen molar-refractivity contribution in [2.75, 3.05) is 6.54 Å². The van der Waals surface area contributed by atoms with Gasteiger partial charge in [0, 0.05) is 6.54 Å². The van der Waals surface area contributed by atoms with Crippen LogP contribution in [0.2, 0.25) is 0 Å². The SMILES string of the molecule is CC(=O)C1CC2(CCCC2)CN1C(=O)OC(C)(C)C. The molecule has 0 radical (unpaired) electrons. The van der Waals surface area contributed by atoms with Crippen molar-refractivity contribution in [1.82, 2.24) is 4.90 Å². The van der Waals surface area contributed by atoms with E-state index in [0.717, 1.165) is 19.3 Å². The smallest absolute Gasteiger partial charge is 0.410 e. The number of likely N-dealkylation sites (tertiary alicyclic amines) is 1. The first-order valence-corrected chi connectivity index (χ1v) is 7.23. The summed E-state index contributed by atoms with van der Waals surface area (Å²) >= 11 is 0. The Hall–Kier alpha value is -1.06. The predicted molar refractivity (Wildman–Crippen MR) is 72.9 cm³/mol. The van der Waals surface area contributed by atoms with E-state index in [0.29, 0.717) is 6.54 Å². The summed E-state index contributed by atoms with van der Waals surface area (Å²) in [6.45, 7) is 7.83. The zero-order valence-electron chi connectivity index (χ0n) is 12.5. The molecule has 2 aliphatic rings. The van der Waals surface area contributed by atoms with Gasteiger partial charge in [-0.15, -0.1) is 0 Å². The molecule has 0 N–H and O–H groups in total. The largest absolute Gasteiger partial charge is 0.444 e. The molecule has 1 saturated carbocycles. The molecule has 1 heterocycles. The molecule has 0 aromatic heterocycles. The average Bonchev–Trinajstić information content (AvgIpc) is 2.84. The van der Waals surface area contributed by atoms with Crippen LogP contribution in [-0.4, -0.2) is 35.0 Å². The second-order valence-electron chi connectivity index (χ2n) is 7.15. The highest BCUT2D eigenvalue weighted by Crippen LogP contribution is 2.48. The summed E-state index contributed by atoms with van der Waals surface area (Å²) in [6, 6.07) is -0.284. The molecule has 1 atom stereocenters. The zero-order valence-corrected chi connectivity index (χ0v) is 12.5. The van der Waals surface area contributed by atoms with Crippen molar-refractivity contribution in [3.63, 3.8) is 0 Å². The van der Waals surface area contributed by atoms with Gasteiger partial charge in [0.1, 0.15) is 5.60 Å². The Bertz CT molecular complexity index is 377. The van der Waals surface area contributed by atoms with Crippen molar-refractivity contribution in [3.05, 3.63) is 0 Å². The van der Waals surface area contributed by atoms with E-state index in [4.69, 9.17) is 4.74 Å². The lowest BCUT2D eigenvalue weighted by Gasteiger charge is -2.28. The number of hydrogen-bond donors (Lipinski definition) is 0. The second-order valence-corrected chi connectivity index (χ2v) is 7.15. The fraction of sp³-hybridized carbons (Fsp3) is 0.867. The van der Waals surface area contributed by atoms with Gasteiger partial charge in [-0.25, -0.2) is 4.79 Å². The number of ether oxygens (including phenoxy) is 1. The van der Waals surface area contributed by atoms with E-state index in [1.807, 2.05) is 20.8 Å². The normalized spacial score (nSPS) is 25.9. The summed E-state index contributed by atoms with van der Waals surface area (Å²) in [5.41, 5.74) is -0.336. The highest BCUT2D eigenvalue weighted by Gasteiger charge is 2.49. The summed E-state index contributed by atoms with van der Waals surface area (Å²) < 4.78 is 5.44. The van der Waals surface area contributed by atoms with Gasteiger partial charge < -0.3 is 4.74 Å². The first-order valence-electron chi connectivity index (χ1n) is 7.23. The predicted octanol–water partition coefficient (Wildman–Crippen LogP) is 3.15. The number of hydrogen-bond acceptors (Lipinski definition) is 3. The van der Waals surface area contributed by atoms with Gasteiger partial charge in [-0.3, -0.25) is 9.69 Å². The Balaban J connectivity index is 2.13. The van der Waals surface area contributed by atoms with Crippen LogP contribution in [0.15, 0.2) is 0 Å². The Morgan fingerprint density at radius 1 is 1.21 bits per heavy atom. The van der Waals surface area contributed by atoms with E-state index >= 15 is 0 Å². The lowest BCUT2D eigenvalue weighted by molar-refractivity contribution is -0.121. The number of Topliss-reactive ketones (excluding diaryl/α,β-unsaturated/α-hetero) is 1. The van der Waals surface area contributed by atoms with Crippen molar-refractivity contribution in [2.24, 2.45) is 5.41 Å². The molecule has 0 aromatic carbocycles. The Kier molecular flexibility index (Phi) is 3.63. The Labute approximate surface area is 115 Å². The van der Waals surface area contributed by atoms with Crippen LogP contribution in [0.25, 0.3) is 0 Å². The molecule has 1 unspecified atom stereocenters. The maximum absolute atomic E-state index is 12.3. The van der Waals surface area contributed by atoms with Crippen molar-refractivity contribution in [2.45, 2.75) is 71.4 Å². The van der Waals surface area contributed by atoms with E-state index in [2.05, 4.69) is 0 Å². The van der Waals surface area contributed by atoms with Crippen LogP contribution in [0.3, 0.4) is 0 Å². The van der Waals surface area contributed by atoms with Gasteiger partial charge in [-0.05, 0) is 52.4 Å². The second kappa shape index (κ2) is 4.80. The van der Waals surface area contributed by atoms with Crippen LogP contribution in [0, 0.1) is 5.41 Å². The van der Waals surface area contributed by atoms with Crippen molar-refractivity contribution < 1.29 is 14.3 Å². The summed E-state index contributed by atoms with van der Waals surface area (Å²) in [5, 5.41) is 0. The Morgan fingerprint density at radius 3 is 2.26 bits per heavy atom. The first kappa shape index (κ1) is 14.4. The highest BCUT2D eigenvalue weighted by atomic mass is 16.6. The number of carbonyl (C=O) groups is 2. The van der Waals surface area contributed by atoms with Crippen LogP contribution in [-0.2, 0) is 9.53 Å². The molecule has 1 aliphatic heterocycles. The molecule has 0 aromatic rings. The molecule has 1 aliphatic carbocycles. The van der Waals surface area contributed by atoms with E-state index < -0.39 is 5.60 Å². The molecule has 2 fully saturated rings. The van der Waals surface area contributed by atoms with Gasteiger partial charge >= 0.3 is 6.09 Å². The standard InChI is InChI=1S/C15H25NO3/c1-11(17)12-9-15(7-5-6-8-15)10-16(12)13(18)19-14(2,3)4/h12H,5-10H2,1-4H3. The molecule has 19 heavy (non-hydrogen) atoms. The average molecular weight is 267 g/mol. The quantitative estimate of drug-likeness (QED) is 0.733. The lowest BCUT2D eigenvalue weighted by Crippen LogP contribution is -2.43. The monoisotopic (exact) mass is 267 g/mol. The van der Waals surface area contributed by atoms with Crippen LogP contribution in [0.1, 0.15) is 59.8 Å². The summed E-state index contributed by atoms with van der Waals surface area (Å²) in [5.74, 6) is 0.0784. The third-order valence-corrected chi connectivity index (χ3v) is 4.27. The zero-order chi connectivity index (χ0) is 14.3. The van der Waals surface area contributed by atoms with E-state index in [1.165, 1.54) is 12.8 Å². The third-order valence-electron chi connectivity index (χ3n) is 4.27. The van der Waals surface area contributed by atoms with Crippen molar-refractivity contribution >= 4 is 11.9 Å². The van der Waals surface area contributed by atoms with Gasteiger partial charge in [0.15, 0.2) is 5.78 Å². The molecule has 1 amide bonds. The van der Waals surface area contributed by atoms with Gasteiger partial charge in [-0.1, -0.05) is 12.8 Å². The first-order chi connectivity index (χ1) is 8.72. The molecule has 2 rings (SSSR count). The minimum atomic E-state index is -0.510. The minimum Gasteiger partial charge on any atom is -0.444 e. The minimum absolute atomic E-state index is 0.0784. The summed E-state index contributed by atoms with van der Waals surface area (Å²) in [6.07, 6.45) is 5.18. The number of carbonyl (C=O) groups excluding carboxylic acids is 2. The van der Waals surface area contributed by atoms with E-state index in [9.17, 15) is 9.59 Å². The van der Waals surface area contributed by atoms with Crippen molar-refractivity contribution in [1.29, 1.82) is 0 Å². The van der Waals surface area contributed by atoms with Crippen molar-refractivity contribution in [3.8, 4) is 0 Å². The van der Waals surface area contributed by atoms with Gasteiger partial charge in [0.2, 0.25) is 0 Å². The fourth-order valence-corrected chi connectivity index (χ4v) is 3.42. The van der Waals surface area contributed by atoms with Crippen LogP contribution >= 0.6 is 0 Å². The highest BCUT2D eigenvalue weighted by molar-refractivity contribution is 5.86. The number of nitrogens with zero attached hydrogens (tertiary/aromatic N) is 1. The molecular weight excluding hydrogens is 242 g/mol. The van der Waals surface area contributed by atoms with Crippen LogP contribution < -0.4 is 0 Å². The van der Waals surface area contributed by atoms with Gasteiger partial charge in [0.25, 0.3) is 0 Å². The van der Waals surface area contributed by atoms with Gasteiger partial charge in [-0.2, -0.15) is 0 Å². The van der Waals surface area contributed by atoms with Crippen LogP contribution in [0.5, 0.6) is 0 Å². The molecule has 4 heteroatoms. The van der Waals surface area contributed by atoms with E-state index in [1.54, 1.807) is 11.8 Å². The van der Waals surface area contributed by atoms with Gasteiger partial charge in [0.05, 0.1) is 6.04 Å². The summed E-state index contributed by atoms with van der Waals surface area (Å²) in [4.78, 5) is 25.8. The maximum atomic E-state index is 12.3.